The van der Waals surface area contributed by atoms with Gasteiger partial charge in [0.1, 0.15) is 5.75 Å². The van der Waals surface area contributed by atoms with Crippen LogP contribution in [0.5, 0.6) is 5.75 Å². The monoisotopic (exact) mass is 515 g/mol. The first kappa shape index (κ1) is 25.3. The van der Waals surface area contributed by atoms with Gasteiger partial charge in [-0.3, -0.25) is 0 Å². The summed E-state index contributed by atoms with van der Waals surface area (Å²) >= 11 is 0. The highest BCUT2D eigenvalue weighted by molar-refractivity contribution is 5.68. The van der Waals surface area contributed by atoms with Gasteiger partial charge < -0.3 is 24.6 Å². The molecule has 6 nitrogen and oxygen atoms in total. The van der Waals surface area contributed by atoms with Crippen LogP contribution in [0.3, 0.4) is 0 Å². The smallest absolute Gasteiger partial charge is 0.406 e. The molecule has 4 bridgehead atoms. The summed E-state index contributed by atoms with van der Waals surface area (Å²) in [5.74, 6) is 9.08. The fourth-order valence-corrected chi connectivity index (χ4v) is 7.74. The van der Waals surface area contributed by atoms with Crippen molar-refractivity contribution >= 4 is 6.09 Å². The largest absolute Gasteiger partial charge is 0.496 e. The molecule has 0 atom stereocenters. The lowest BCUT2D eigenvalue weighted by molar-refractivity contribution is -0.262. The van der Waals surface area contributed by atoms with Crippen molar-refractivity contribution in [3.8, 4) is 28.7 Å². The maximum atomic E-state index is 11.4. The van der Waals surface area contributed by atoms with Crippen LogP contribution in [0.2, 0.25) is 0 Å². The maximum Gasteiger partial charge on any atom is 0.406 e. The standard InChI is InChI=1S/C32H37NO5/c1-30(2)37-19-32(20-38-30,33-29(34)35)11-10-21-4-6-25(7-5-21)26-8-9-28(36-3)27(15-26)31-16-22-12-23(17-31)14-24(13-22)18-31/h4-9,15,22-24,33H,12-14,16-20H2,1-3H3,(H,34,35). The van der Waals surface area contributed by atoms with Gasteiger partial charge in [-0.15, -0.1) is 0 Å². The second-order valence-electron chi connectivity index (χ2n) is 12.4. The molecule has 1 aliphatic heterocycles. The highest BCUT2D eigenvalue weighted by Crippen LogP contribution is 2.62. The van der Waals surface area contributed by atoms with Gasteiger partial charge in [-0.1, -0.05) is 30.0 Å². The number of hydrogen-bond donors (Lipinski definition) is 2. The van der Waals surface area contributed by atoms with E-state index >= 15 is 0 Å². The Morgan fingerprint density at radius 3 is 2.08 bits per heavy atom. The van der Waals surface area contributed by atoms with E-state index in [4.69, 9.17) is 14.2 Å². The second-order valence-corrected chi connectivity index (χ2v) is 12.4. The summed E-state index contributed by atoms with van der Waals surface area (Å²) < 4.78 is 17.3. The first-order chi connectivity index (χ1) is 18.2. The number of amides is 1. The van der Waals surface area contributed by atoms with E-state index in [-0.39, 0.29) is 18.6 Å². The van der Waals surface area contributed by atoms with Crippen molar-refractivity contribution in [3.63, 3.8) is 0 Å². The van der Waals surface area contributed by atoms with E-state index in [0.717, 1.165) is 34.6 Å². The van der Waals surface area contributed by atoms with Gasteiger partial charge in [0.2, 0.25) is 0 Å². The molecule has 0 aromatic heterocycles. The molecule has 6 heteroatoms. The van der Waals surface area contributed by atoms with E-state index in [0.29, 0.717) is 0 Å². The molecule has 0 radical (unpaired) electrons. The third-order valence-corrected chi connectivity index (χ3v) is 9.15. The Bertz CT molecular complexity index is 1240. The van der Waals surface area contributed by atoms with Crippen LogP contribution in [-0.4, -0.2) is 42.8 Å². The zero-order valence-corrected chi connectivity index (χ0v) is 22.5. The maximum absolute atomic E-state index is 11.4. The number of carboxylic acid groups (broad SMARTS) is 1. The second kappa shape index (κ2) is 9.32. The summed E-state index contributed by atoms with van der Waals surface area (Å²) in [6, 6.07) is 14.8. The molecule has 2 N–H and O–H groups in total. The summed E-state index contributed by atoms with van der Waals surface area (Å²) in [5, 5.41) is 11.8. The predicted molar refractivity (Wildman–Crippen MR) is 145 cm³/mol. The van der Waals surface area contributed by atoms with Crippen molar-refractivity contribution in [2.45, 2.75) is 69.1 Å². The molecule has 4 saturated carbocycles. The number of carbonyl (C=O) groups is 1. The van der Waals surface area contributed by atoms with Crippen LogP contribution in [0.1, 0.15) is 63.5 Å². The average Bonchev–Trinajstić information content (AvgIpc) is 2.88. The van der Waals surface area contributed by atoms with Gasteiger partial charge in [-0.25, -0.2) is 4.79 Å². The van der Waals surface area contributed by atoms with Gasteiger partial charge >= 0.3 is 6.09 Å². The molecule has 0 spiro atoms. The molecule has 38 heavy (non-hydrogen) atoms. The van der Waals surface area contributed by atoms with Crippen LogP contribution >= 0.6 is 0 Å². The first-order valence-electron chi connectivity index (χ1n) is 13.8. The summed E-state index contributed by atoms with van der Waals surface area (Å²) in [6.45, 7) is 3.85. The third kappa shape index (κ3) is 4.79. The number of benzene rings is 2. The van der Waals surface area contributed by atoms with Gasteiger partial charge in [-0.2, -0.15) is 0 Å². The Labute approximate surface area is 225 Å². The Morgan fingerprint density at radius 2 is 1.53 bits per heavy atom. The lowest BCUT2D eigenvalue weighted by Gasteiger charge is -2.57. The lowest BCUT2D eigenvalue weighted by atomic mass is 9.48. The normalized spacial score (nSPS) is 30.2. The van der Waals surface area contributed by atoms with Crippen molar-refractivity contribution in [3.05, 3.63) is 53.6 Å². The Hall–Kier alpha value is -3.01. The minimum atomic E-state index is -1.16. The number of nitrogens with one attached hydrogen (secondary N) is 1. The minimum absolute atomic E-state index is 0.121. The SMILES string of the molecule is COc1ccc(-c2ccc(C#CC3(NC(=O)O)COC(C)(C)OC3)cc2)cc1C12CC3CC(CC(C3)C1)C2. The minimum Gasteiger partial charge on any atom is -0.496 e. The molecule has 2 aromatic rings. The van der Waals surface area contributed by atoms with Crippen molar-refractivity contribution in [1.82, 2.24) is 5.32 Å². The molecule has 5 aliphatic rings. The Morgan fingerprint density at radius 1 is 0.947 bits per heavy atom. The lowest BCUT2D eigenvalue weighted by Crippen LogP contribution is -2.60. The molecular formula is C32H37NO5. The third-order valence-electron chi connectivity index (χ3n) is 9.15. The fraction of sp³-hybridized carbons (Fsp3) is 0.531. The van der Waals surface area contributed by atoms with E-state index < -0.39 is 17.4 Å². The molecule has 7 rings (SSSR count). The highest BCUT2D eigenvalue weighted by Gasteiger charge is 2.52. The molecule has 5 fully saturated rings. The number of methoxy groups -OCH3 is 1. The summed E-state index contributed by atoms with van der Waals surface area (Å²) in [5.41, 5.74) is 3.67. The van der Waals surface area contributed by atoms with Crippen LogP contribution in [0.25, 0.3) is 11.1 Å². The van der Waals surface area contributed by atoms with Gasteiger partial charge in [0.15, 0.2) is 11.3 Å². The summed E-state index contributed by atoms with van der Waals surface area (Å²) in [6.07, 6.45) is 6.99. The summed E-state index contributed by atoms with van der Waals surface area (Å²) in [4.78, 5) is 11.4. The quantitative estimate of drug-likeness (QED) is 0.491. The molecule has 1 heterocycles. The molecule has 2 aromatic carbocycles. The van der Waals surface area contributed by atoms with Crippen LogP contribution in [0, 0.1) is 29.6 Å². The first-order valence-corrected chi connectivity index (χ1v) is 13.8. The van der Waals surface area contributed by atoms with Gasteiger partial charge in [0.05, 0.1) is 20.3 Å². The molecule has 200 valence electrons. The zero-order valence-electron chi connectivity index (χ0n) is 22.5. The van der Waals surface area contributed by atoms with E-state index in [1.54, 1.807) is 21.0 Å². The number of ether oxygens (including phenoxy) is 3. The molecule has 4 aliphatic carbocycles. The van der Waals surface area contributed by atoms with E-state index in [1.165, 1.54) is 49.7 Å². The highest BCUT2D eigenvalue weighted by atomic mass is 16.7. The van der Waals surface area contributed by atoms with E-state index in [1.807, 2.05) is 12.1 Å². The Balaban J connectivity index is 1.26. The van der Waals surface area contributed by atoms with Crippen LogP contribution < -0.4 is 10.1 Å². The molecule has 1 saturated heterocycles. The van der Waals surface area contributed by atoms with E-state index in [9.17, 15) is 9.90 Å². The van der Waals surface area contributed by atoms with Crippen molar-refractivity contribution < 1.29 is 24.1 Å². The van der Waals surface area contributed by atoms with Crippen molar-refractivity contribution in [1.29, 1.82) is 0 Å². The van der Waals surface area contributed by atoms with Crippen molar-refractivity contribution in [2.75, 3.05) is 20.3 Å². The summed E-state index contributed by atoms with van der Waals surface area (Å²) in [7, 11) is 1.79. The topological polar surface area (TPSA) is 77.0 Å². The number of hydrogen-bond acceptors (Lipinski definition) is 4. The van der Waals surface area contributed by atoms with Crippen LogP contribution in [0.15, 0.2) is 42.5 Å². The van der Waals surface area contributed by atoms with E-state index in [2.05, 4.69) is 47.5 Å². The van der Waals surface area contributed by atoms with Gasteiger partial charge in [-0.05, 0) is 111 Å². The van der Waals surface area contributed by atoms with Crippen LogP contribution in [-0.2, 0) is 14.9 Å². The molecule has 1 amide bonds. The Kier molecular flexibility index (Phi) is 6.20. The van der Waals surface area contributed by atoms with Crippen molar-refractivity contribution in [2.24, 2.45) is 17.8 Å². The molecular weight excluding hydrogens is 478 g/mol. The number of rotatable bonds is 4. The molecule has 0 unspecified atom stereocenters. The average molecular weight is 516 g/mol. The zero-order chi connectivity index (χ0) is 26.5. The fourth-order valence-electron chi connectivity index (χ4n) is 7.74. The predicted octanol–water partition coefficient (Wildman–Crippen LogP) is 5.97. The van der Waals surface area contributed by atoms with Gasteiger partial charge in [0, 0.05) is 11.1 Å². The van der Waals surface area contributed by atoms with Gasteiger partial charge in [0.25, 0.3) is 0 Å². The van der Waals surface area contributed by atoms with Crippen LogP contribution in [0.4, 0.5) is 4.79 Å².